The van der Waals surface area contributed by atoms with E-state index in [9.17, 15) is 9.18 Å². The van der Waals surface area contributed by atoms with Gasteiger partial charge in [-0.3, -0.25) is 4.79 Å². The van der Waals surface area contributed by atoms with Gasteiger partial charge in [-0.25, -0.2) is 9.07 Å². The third-order valence-electron chi connectivity index (χ3n) is 5.00. The molecule has 164 valence electrons. The second-order valence-electron chi connectivity index (χ2n) is 6.86. The Morgan fingerprint density at radius 2 is 1.62 bits per heavy atom. The van der Waals surface area contributed by atoms with Crippen molar-refractivity contribution >= 4 is 16.9 Å². The van der Waals surface area contributed by atoms with Gasteiger partial charge in [-0.15, -0.1) is 5.10 Å². The first-order valence-electron chi connectivity index (χ1n) is 9.72. The van der Waals surface area contributed by atoms with Gasteiger partial charge in [0.05, 0.1) is 26.8 Å². The zero-order chi connectivity index (χ0) is 22.7. The molecule has 0 saturated heterocycles. The number of halogens is 1. The van der Waals surface area contributed by atoms with Crippen molar-refractivity contribution < 1.29 is 23.4 Å². The molecule has 0 bridgehead atoms. The molecule has 9 heteroatoms. The molecule has 0 aliphatic heterocycles. The number of carbonyl (C=O) groups is 1. The van der Waals surface area contributed by atoms with Gasteiger partial charge in [0, 0.05) is 5.56 Å². The Labute approximate surface area is 183 Å². The lowest BCUT2D eigenvalue weighted by atomic mass is 10.1. The van der Waals surface area contributed by atoms with Gasteiger partial charge in [0.2, 0.25) is 5.75 Å². The number of carbonyl (C=O) groups excluding carboxylic acids is 1. The van der Waals surface area contributed by atoms with Crippen LogP contribution in [0.5, 0.6) is 17.2 Å². The van der Waals surface area contributed by atoms with Crippen molar-refractivity contribution in [3.05, 3.63) is 77.6 Å². The van der Waals surface area contributed by atoms with Gasteiger partial charge in [-0.2, -0.15) is 0 Å². The Hall–Kier alpha value is -4.14. The molecular formula is C23H21FN4O4. The maximum atomic E-state index is 13.5. The SMILES string of the molecule is COc1cc(C(=O)N[C@H](c2ccc(F)cc2)n2nnc3ccccc32)cc(OC)c1OC. The number of hydrogen-bond donors (Lipinski definition) is 1. The number of benzene rings is 3. The number of nitrogens with zero attached hydrogens (tertiary/aromatic N) is 3. The molecule has 1 atom stereocenters. The zero-order valence-electron chi connectivity index (χ0n) is 17.7. The minimum Gasteiger partial charge on any atom is -0.493 e. The molecule has 3 aromatic carbocycles. The lowest BCUT2D eigenvalue weighted by Gasteiger charge is -2.21. The van der Waals surface area contributed by atoms with Crippen LogP contribution in [0.1, 0.15) is 22.1 Å². The van der Waals surface area contributed by atoms with Crippen LogP contribution in [0, 0.1) is 5.82 Å². The zero-order valence-corrected chi connectivity index (χ0v) is 17.7. The molecule has 32 heavy (non-hydrogen) atoms. The molecule has 1 heterocycles. The summed E-state index contributed by atoms with van der Waals surface area (Å²) in [4.78, 5) is 13.3. The first-order chi connectivity index (χ1) is 15.5. The smallest absolute Gasteiger partial charge is 0.253 e. The number of para-hydroxylation sites is 1. The maximum Gasteiger partial charge on any atom is 0.253 e. The van der Waals surface area contributed by atoms with Crippen molar-refractivity contribution in [3.8, 4) is 17.2 Å². The van der Waals surface area contributed by atoms with Gasteiger partial charge in [0.15, 0.2) is 17.7 Å². The second kappa shape index (κ2) is 8.93. The molecule has 1 aromatic heterocycles. The van der Waals surface area contributed by atoms with E-state index in [1.54, 1.807) is 28.9 Å². The minimum atomic E-state index is -0.741. The summed E-state index contributed by atoms with van der Waals surface area (Å²) in [5.74, 6) is 0.275. The van der Waals surface area contributed by atoms with Gasteiger partial charge in [0.1, 0.15) is 11.3 Å². The Morgan fingerprint density at radius 3 is 2.25 bits per heavy atom. The third-order valence-corrected chi connectivity index (χ3v) is 5.00. The highest BCUT2D eigenvalue weighted by Gasteiger charge is 2.23. The fourth-order valence-electron chi connectivity index (χ4n) is 3.43. The number of rotatable bonds is 7. The average molecular weight is 436 g/mol. The van der Waals surface area contributed by atoms with Crippen LogP contribution < -0.4 is 19.5 Å². The summed E-state index contributed by atoms with van der Waals surface area (Å²) in [6, 6.07) is 16.3. The molecule has 4 rings (SSSR count). The first kappa shape index (κ1) is 21.1. The van der Waals surface area contributed by atoms with Crippen LogP contribution in [0.2, 0.25) is 0 Å². The maximum absolute atomic E-state index is 13.5. The molecule has 0 fully saturated rings. The number of nitrogens with one attached hydrogen (secondary N) is 1. The van der Waals surface area contributed by atoms with Crippen molar-refractivity contribution in [1.82, 2.24) is 20.3 Å². The number of ether oxygens (including phenoxy) is 3. The van der Waals surface area contributed by atoms with E-state index >= 15 is 0 Å². The summed E-state index contributed by atoms with van der Waals surface area (Å²) in [5, 5.41) is 11.3. The van der Waals surface area contributed by atoms with Crippen molar-refractivity contribution in [2.45, 2.75) is 6.17 Å². The van der Waals surface area contributed by atoms with Gasteiger partial charge in [-0.05, 0) is 42.0 Å². The molecule has 0 saturated carbocycles. The van der Waals surface area contributed by atoms with E-state index in [0.717, 1.165) is 0 Å². The fourth-order valence-corrected chi connectivity index (χ4v) is 3.43. The quantitative estimate of drug-likeness (QED) is 0.477. The van der Waals surface area contributed by atoms with E-state index in [4.69, 9.17) is 14.2 Å². The predicted molar refractivity (Wildman–Crippen MR) is 116 cm³/mol. The van der Waals surface area contributed by atoms with Crippen LogP contribution in [-0.4, -0.2) is 42.2 Å². The Balaban J connectivity index is 1.76. The largest absolute Gasteiger partial charge is 0.493 e. The van der Waals surface area contributed by atoms with Crippen LogP contribution in [0.4, 0.5) is 4.39 Å². The van der Waals surface area contributed by atoms with Crippen LogP contribution in [0.15, 0.2) is 60.7 Å². The van der Waals surface area contributed by atoms with E-state index in [-0.39, 0.29) is 11.4 Å². The summed E-state index contributed by atoms with van der Waals surface area (Å²) in [7, 11) is 4.43. The third kappa shape index (κ3) is 3.92. The predicted octanol–water partition coefficient (Wildman–Crippen LogP) is 3.57. The number of methoxy groups -OCH3 is 3. The van der Waals surface area contributed by atoms with Crippen LogP contribution >= 0.6 is 0 Å². The molecule has 0 aliphatic rings. The number of aromatic nitrogens is 3. The topological polar surface area (TPSA) is 87.5 Å². The molecule has 1 N–H and O–H groups in total. The van der Waals surface area contributed by atoms with E-state index in [1.807, 2.05) is 24.3 Å². The van der Waals surface area contributed by atoms with Crippen molar-refractivity contribution in [3.63, 3.8) is 0 Å². The molecule has 8 nitrogen and oxygen atoms in total. The lowest BCUT2D eigenvalue weighted by Crippen LogP contribution is -2.34. The summed E-state index contributed by atoms with van der Waals surface area (Å²) >= 11 is 0. The van der Waals surface area contributed by atoms with Gasteiger partial charge in [0.25, 0.3) is 5.91 Å². The van der Waals surface area contributed by atoms with E-state index < -0.39 is 12.1 Å². The molecule has 0 aliphatic carbocycles. The van der Waals surface area contributed by atoms with Gasteiger partial charge in [-0.1, -0.05) is 29.5 Å². The average Bonchev–Trinajstić information content (AvgIpc) is 3.26. The summed E-state index contributed by atoms with van der Waals surface area (Å²) in [6.07, 6.45) is -0.741. The van der Waals surface area contributed by atoms with Crippen molar-refractivity contribution in [1.29, 1.82) is 0 Å². The Bertz CT molecular complexity index is 1230. The molecule has 0 radical (unpaired) electrons. The van der Waals surface area contributed by atoms with Crippen LogP contribution in [-0.2, 0) is 0 Å². The lowest BCUT2D eigenvalue weighted by molar-refractivity contribution is 0.0927. The summed E-state index contributed by atoms with van der Waals surface area (Å²) in [5.41, 5.74) is 2.30. The molecule has 0 spiro atoms. The first-order valence-corrected chi connectivity index (χ1v) is 9.72. The van der Waals surface area contributed by atoms with E-state index in [1.165, 1.54) is 33.5 Å². The molecule has 0 unspecified atom stereocenters. The standard InChI is InChI=1S/C23H21FN4O4/c1-30-19-12-15(13-20(31-2)21(19)32-3)23(29)25-22(14-8-10-16(24)11-9-14)28-18-7-5-4-6-17(18)26-27-28/h4-13,22H,1-3H3,(H,25,29)/t22-/m0/s1. The summed E-state index contributed by atoms with van der Waals surface area (Å²) in [6.45, 7) is 0. The second-order valence-corrected chi connectivity index (χ2v) is 6.86. The monoisotopic (exact) mass is 436 g/mol. The highest BCUT2D eigenvalue weighted by Crippen LogP contribution is 2.38. The van der Waals surface area contributed by atoms with Crippen molar-refractivity contribution in [2.75, 3.05) is 21.3 Å². The van der Waals surface area contributed by atoms with Crippen molar-refractivity contribution in [2.24, 2.45) is 0 Å². The fraction of sp³-hybridized carbons (Fsp3) is 0.174. The Morgan fingerprint density at radius 1 is 0.969 bits per heavy atom. The summed E-state index contributed by atoms with van der Waals surface area (Å²) < 4.78 is 31.1. The molecule has 4 aromatic rings. The minimum absolute atomic E-state index is 0.288. The van der Waals surface area contributed by atoms with Crippen LogP contribution in [0.3, 0.4) is 0 Å². The van der Waals surface area contributed by atoms with Gasteiger partial charge >= 0.3 is 0 Å². The molecule has 1 amide bonds. The highest BCUT2D eigenvalue weighted by molar-refractivity contribution is 5.96. The number of amides is 1. The Kier molecular flexibility index (Phi) is 5.89. The molecular weight excluding hydrogens is 415 g/mol. The normalized spacial score (nSPS) is 11.8. The number of hydrogen-bond acceptors (Lipinski definition) is 6. The van der Waals surface area contributed by atoms with E-state index in [0.29, 0.717) is 33.8 Å². The number of fused-ring (bicyclic) bond motifs is 1. The van der Waals surface area contributed by atoms with Crippen LogP contribution in [0.25, 0.3) is 11.0 Å². The van der Waals surface area contributed by atoms with Gasteiger partial charge < -0.3 is 19.5 Å². The highest BCUT2D eigenvalue weighted by atomic mass is 19.1. The van der Waals surface area contributed by atoms with E-state index in [2.05, 4.69) is 15.6 Å².